The lowest BCUT2D eigenvalue weighted by atomic mass is 10.0. The largest absolute Gasteiger partial charge is 0.349 e. The van der Waals surface area contributed by atoms with Crippen molar-refractivity contribution in [1.29, 1.82) is 0 Å². The maximum absolute atomic E-state index is 14.1. The van der Waals surface area contributed by atoms with Crippen molar-refractivity contribution in [2.24, 2.45) is 0 Å². The van der Waals surface area contributed by atoms with E-state index >= 15 is 0 Å². The third-order valence-corrected chi connectivity index (χ3v) is 11.1. The first-order valence-electron chi connectivity index (χ1n) is 14.2. The number of sulfonamides is 1. The van der Waals surface area contributed by atoms with E-state index in [2.05, 4.69) is 33.5 Å². The topological polar surface area (TPSA) is 69.1 Å². The van der Waals surface area contributed by atoms with Crippen molar-refractivity contribution >= 4 is 27.5 Å². The molecule has 3 heterocycles. The maximum Gasteiger partial charge on any atom is 0.244 e. The Morgan fingerprint density at radius 1 is 0.976 bits per heavy atom. The highest BCUT2D eigenvalue weighted by molar-refractivity contribution is 7.89. The summed E-state index contributed by atoms with van der Waals surface area (Å²) in [6, 6.07) is 16.6. The minimum absolute atomic E-state index is 0.0530. The number of carbonyl (C=O) groups excluding carboxylic acids is 1. The molecule has 0 aliphatic carbocycles. The van der Waals surface area contributed by atoms with E-state index in [4.69, 9.17) is 11.6 Å². The summed E-state index contributed by atoms with van der Waals surface area (Å²) in [4.78, 5) is 20.9. The van der Waals surface area contributed by atoms with Crippen molar-refractivity contribution in [2.75, 3.05) is 53.4 Å². The highest BCUT2D eigenvalue weighted by Crippen LogP contribution is 2.37. The molecule has 8 nitrogen and oxygen atoms in total. The minimum Gasteiger partial charge on any atom is -0.349 e. The Bertz CT molecular complexity index is 1480. The van der Waals surface area contributed by atoms with E-state index < -0.39 is 16.1 Å². The Morgan fingerprint density at radius 3 is 2.39 bits per heavy atom. The summed E-state index contributed by atoms with van der Waals surface area (Å²) in [7, 11) is 0.0883. The Morgan fingerprint density at radius 2 is 1.68 bits per heavy atom. The molecule has 10 heteroatoms. The predicted molar refractivity (Wildman–Crippen MR) is 162 cm³/mol. The molecule has 0 spiro atoms. The Balaban J connectivity index is 1.44. The fraction of sp³-hybridized carbons (Fsp3) is 0.452. The fourth-order valence-corrected chi connectivity index (χ4v) is 8.08. The second kappa shape index (κ2) is 12.3. The average molecular weight is 598 g/mol. The first-order valence-corrected chi connectivity index (χ1v) is 16.0. The van der Waals surface area contributed by atoms with Crippen LogP contribution >= 0.6 is 11.6 Å². The van der Waals surface area contributed by atoms with Gasteiger partial charge >= 0.3 is 0 Å². The van der Waals surface area contributed by atoms with E-state index in [-0.39, 0.29) is 29.8 Å². The lowest BCUT2D eigenvalue weighted by Crippen LogP contribution is -2.49. The third-order valence-electron chi connectivity index (χ3n) is 8.60. The zero-order valence-electron chi connectivity index (χ0n) is 24.3. The summed E-state index contributed by atoms with van der Waals surface area (Å²) >= 11 is 6.30. The maximum atomic E-state index is 14.1. The normalized spacial score (nSPS) is 19.6. The molecule has 1 aromatic heterocycles. The number of fused-ring (bicyclic) bond motifs is 1. The number of hydrogen-bond acceptors (Lipinski definition) is 5. The van der Waals surface area contributed by atoms with E-state index in [9.17, 15) is 13.2 Å². The summed E-state index contributed by atoms with van der Waals surface area (Å²) in [5.74, 6) is -0.0863. The van der Waals surface area contributed by atoms with Crippen molar-refractivity contribution in [3.63, 3.8) is 0 Å². The molecule has 1 saturated heterocycles. The van der Waals surface area contributed by atoms with Crippen molar-refractivity contribution in [3.05, 3.63) is 88.2 Å². The number of nitrogens with zero attached hydrogens (tertiary/aromatic N) is 5. The molecule has 220 valence electrons. The minimum atomic E-state index is -3.90. The van der Waals surface area contributed by atoms with Gasteiger partial charge in [-0.05, 0) is 61.9 Å². The molecule has 2 aromatic carbocycles. The number of aryl methyl sites for hydroxylation is 2. The molecule has 5 rings (SSSR count). The Hall–Kier alpha value is -2.69. The van der Waals surface area contributed by atoms with Crippen LogP contribution in [0.2, 0.25) is 5.02 Å². The fourth-order valence-electron chi connectivity index (χ4n) is 5.98. The van der Waals surface area contributed by atoms with Crippen LogP contribution in [0.25, 0.3) is 0 Å². The van der Waals surface area contributed by atoms with Gasteiger partial charge in [-0.3, -0.25) is 9.69 Å². The van der Waals surface area contributed by atoms with Crippen molar-refractivity contribution in [1.82, 2.24) is 23.6 Å². The van der Waals surface area contributed by atoms with Gasteiger partial charge in [0.25, 0.3) is 0 Å². The quantitative estimate of drug-likeness (QED) is 0.386. The van der Waals surface area contributed by atoms with Crippen molar-refractivity contribution < 1.29 is 13.2 Å². The molecule has 0 saturated carbocycles. The van der Waals surface area contributed by atoms with Crippen LogP contribution in [0.4, 0.5) is 0 Å². The lowest BCUT2D eigenvalue weighted by Gasteiger charge is -2.39. The highest BCUT2D eigenvalue weighted by atomic mass is 35.5. The Kier molecular flexibility index (Phi) is 8.92. The van der Waals surface area contributed by atoms with Gasteiger partial charge in [0, 0.05) is 76.2 Å². The van der Waals surface area contributed by atoms with Crippen LogP contribution in [0.1, 0.15) is 40.9 Å². The smallest absolute Gasteiger partial charge is 0.244 e. The standard InChI is InChI=1S/C31H40ClN5O3S/c1-23-20-30(24(2)19-26(23)32)41(39,40)37-18-17-36-12-8-11-27(36)28(37)21-31(38)34(4)29(25-9-6-5-7-10-25)22-35-15-13-33(3)14-16-35/h5-12,19-20,28-29H,13-18,21-22H2,1-4H3. The van der Waals surface area contributed by atoms with E-state index in [0.29, 0.717) is 22.7 Å². The van der Waals surface area contributed by atoms with Gasteiger partial charge in [-0.15, -0.1) is 0 Å². The van der Waals surface area contributed by atoms with Gasteiger partial charge in [-0.2, -0.15) is 4.31 Å². The van der Waals surface area contributed by atoms with E-state index in [1.807, 2.05) is 55.4 Å². The summed E-state index contributed by atoms with van der Waals surface area (Å²) in [6.07, 6.45) is 2.01. The van der Waals surface area contributed by atoms with Gasteiger partial charge in [0.1, 0.15) is 0 Å². The number of halogens is 1. The summed E-state index contributed by atoms with van der Waals surface area (Å²) in [5.41, 5.74) is 3.21. The van der Waals surface area contributed by atoms with Gasteiger partial charge < -0.3 is 14.4 Å². The molecule has 0 bridgehead atoms. The second-order valence-electron chi connectivity index (χ2n) is 11.4. The van der Waals surface area contributed by atoms with Crippen LogP contribution in [-0.2, 0) is 21.4 Å². The van der Waals surface area contributed by atoms with Gasteiger partial charge in [-0.1, -0.05) is 41.9 Å². The molecule has 1 amide bonds. The Labute approximate surface area is 249 Å². The molecule has 2 aliphatic rings. The summed E-state index contributed by atoms with van der Waals surface area (Å²) in [5, 5.41) is 0.537. The zero-order chi connectivity index (χ0) is 29.3. The third kappa shape index (κ3) is 6.24. The number of aromatic nitrogens is 1. The predicted octanol–water partition coefficient (Wildman–Crippen LogP) is 4.34. The molecular formula is C31H40ClN5O3S. The average Bonchev–Trinajstić information content (AvgIpc) is 3.44. The molecule has 2 atom stereocenters. The van der Waals surface area contributed by atoms with Crippen LogP contribution in [-0.4, -0.2) is 91.3 Å². The van der Waals surface area contributed by atoms with E-state index in [1.165, 1.54) is 4.31 Å². The molecule has 2 unspecified atom stereocenters. The van der Waals surface area contributed by atoms with E-state index in [1.54, 1.807) is 19.1 Å². The van der Waals surface area contributed by atoms with Crippen LogP contribution in [0.5, 0.6) is 0 Å². The van der Waals surface area contributed by atoms with Gasteiger partial charge in [0.15, 0.2) is 0 Å². The molecule has 41 heavy (non-hydrogen) atoms. The van der Waals surface area contributed by atoms with Crippen LogP contribution in [0.3, 0.4) is 0 Å². The number of hydrogen-bond donors (Lipinski definition) is 0. The molecule has 2 aliphatic heterocycles. The number of piperazine rings is 1. The van der Waals surface area contributed by atoms with Crippen LogP contribution < -0.4 is 0 Å². The lowest BCUT2D eigenvalue weighted by molar-refractivity contribution is -0.133. The van der Waals surface area contributed by atoms with Crippen molar-refractivity contribution in [2.45, 2.75) is 43.8 Å². The van der Waals surface area contributed by atoms with Crippen molar-refractivity contribution in [3.8, 4) is 0 Å². The molecule has 0 N–H and O–H groups in total. The first-order chi connectivity index (χ1) is 19.6. The van der Waals surface area contributed by atoms with Crippen LogP contribution in [0, 0.1) is 13.8 Å². The zero-order valence-corrected chi connectivity index (χ0v) is 25.9. The molecule has 0 radical (unpaired) electrons. The number of benzene rings is 2. The van der Waals surface area contributed by atoms with Gasteiger partial charge in [0.05, 0.1) is 17.0 Å². The molecule has 3 aromatic rings. The summed E-state index contributed by atoms with van der Waals surface area (Å²) < 4.78 is 31.9. The first kappa shape index (κ1) is 29.8. The molecular weight excluding hydrogens is 558 g/mol. The van der Waals surface area contributed by atoms with Gasteiger partial charge in [0.2, 0.25) is 15.9 Å². The molecule has 1 fully saturated rings. The highest BCUT2D eigenvalue weighted by Gasteiger charge is 2.39. The SMILES string of the molecule is Cc1cc(S(=O)(=O)N2CCn3cccc3C2CC(=O)N(C)C(CN2CCN(C)CC2)c2ccccc2)c(C)cc1Cl. The summed E-state index contributed by atoms with van der Waals surface area (Å²) in [6.45, 7) is 9.01. The number of rotatable bonds is 8. The number of likely N-dealkylation sites (N-methyl/N-ethyl adjacent to an activating group) is 2. The van der Waals surface area contributed by atoms with Crippen LogP contribution in [0.15, 0.2) is 65.7 Å². The monoisotopic (exact) mass is 597 g/mol. The second-order valence-corrected chi connectivity index (χ2v) is 13.6. The van der Waals surface area contributed by atoms with Gasteiger partial charge in [-0.25, -0.2) is 8.42 Å². The number of carbonyl (C=O) groups is 1. The number of amides is 1. The van der Waals surface area contributed by atoms with E-state index in [0.717, 1.165) is 44.0 Å².